The van der Waals surface area contributed by atoms with Gasteiger partial charge in [-0.05, 0) is 35.4 Å². The third-order valence-electron chi connectivity index (χ3n) is 3.05. The zero-order valence-electron chi connectivity index (χ0n) is 13.0. The van der Waals surface area contributed by atoms with Crippen LogP contribution in [-0.2, 0) is 16.1 Å². The average molecular weight is 346 g/mol. The summed E-state index contributed by atoms with van der Waals surface area (Å²) >= 11 is 5.83. The quantitative estimate of drug-likeness (QED) is 0.495. The Hall–Kier alpha value is -2.86. The normalized spacial score (nSPS) is 10.4. The molecule has 0 bridgehead atoms. The van der Waals surface area contributed by atoms with Crippen LogP contribution in [0.15, 0.2) is 53.6 Å². The second kappa shape index (κ2) is 8.69. The van der Waals surface area contributed by atoms with E-state index < -0.39 is 11.8 Å². The summed E-state index contributed by atoms with van der Waals surface area (Å²) in [6, 6.07) is 14.1. The Morgan fingerprint density at radius 1 is 1.17 bits per heavy atom. The van der Waals surface area contributed by atoms with Gasteiger partial charge in [-0.15, -0.1) is 0 Å². The molecule has 0 fully saturated rings. The van der Waals surface area contributed by atoms with Crippen LogP contribution in [0.3, 0.4) is 0 Å². The number of hydrogen-bond acceptors (Lipinski definition) is 4. The highest BCUT2D eigenvalue weighted by Gasteiger charge is 2.11. The van der Waals surface area contributed by atoms with Crippen LogP contribution in [-0.4, -0.2) is 25.1 Å². The summed E-state index contributed by atoms with van der Waals surface area (Å²) in [6.07, 6.45) is 1.40. The number of carbonyl (C=O) groups excluding carboxylic acids is 2. The number of methoxy groups -OCH3 is 1. The maximum atomic E-state index is 11.7. The van der Waals surface area contributed by atoms with Crippen molar-refractivity contribution in [3.63, 3.8) is 0 Å². The SMILES string of the molecule is COc1ccc(CNC(=O)C(=O)N/N=C\c2cccc(Cl)c2)cc1. The van der Waals surface area contributed by atoms with E-state index in [0.29, 0.717) is 10.6 Å². The van der Waals surface area contributed by atoms with Crippen molar-refractivity contribution in [3.8, 4) is 5.75 Å². The minimum Gasteiger partial charge on any atom is -0.497 e. The molecule has 2 amide bonds. The van der Waals surface area contributed by atoms with E-state index in [1.54, 1.807) is 55.6 Å². The van der Waals surface area contributed by atoms with Crippen molar-refractivity contribution in [2.75, 3.05) is 7.11 Å². The molecule has 2 rings (SSSR count). The molecule has 24 heavy (non-hydrogen) atoms. The molecule has 7 heteroatoms. The Labute approximate surface area is 144 Å². The Morgan fingerprint density at radius 3 is 2.58 bits per heavy atom. The molecule has 0 saturated carbocycles. The molecule has 0 radical (unpaired) electrons. The van der Waals surface area contributed by atoms with Gasteiger partial charge in [-0.2, -0.15) is 5.10 Å². The van der Waals surface area contributed by atoms with Crippen LogP contribution in [0.4, 0.5) is 0 Å². The van der Waals surface area contributed by atoms with Crippen molar-refractivity contribution in [1.29, 1.82) is 0 Å². The molecule has 0 spiro atoms. The first-order chi connectivity index (χ1) is 11.6. The molecule has 124 valence electrons. The van der Waals surface area contributed by atoms with Crippen LogP contribution < -0.4 is 15.5 Å². The smallest absolute Gasteiger partial charge is 0.329 e. The number of halogens is 1. The van der Waals surface area contributed by atoms with Gasteiger partial charge in [-0.1, -0.05) is 35.9 Å². The van der Waals surface area contributed by atoms with E-state index in [1.807, 2.05) is 0 Å². The van der Waals surface area contributed by atoms with E-state index in [4.69, 9.17) is 16.3 Å². The summed E-state index contributed by atoms with van der Waals surface area (Å²) < 4.78 is 5.05. The van der Waals surface area contributed by atoms with Gasteiger partial charge in [0.05, 0.1) is 13.3 Å². The second-order valence-electron chi connectivity index (χ2n) is 4.78. The molecule has 2 N–H and O–H groups in total. The Balaban J connectivity index is 1.80. The molecular weight excluding hydrogens is 330 g/mol. The highest BCUT2D eigenvalue weighted by molar-refractivity contribution is 6.35. The molecule has 0 heterocycles. The lowest BCUT2D eigenvalue weighted by Gasteiger charge is -2.05. The second-order valence-corrected chi connectivity index (χ2v) is 5.22. The van der Waals surface area contributed by atoms with Crippen LogP contribution in [0.1, 0.15) is 11.1 Å². The molecule has 0 saturated heterocycles. The van der Waals surface area contributed by atoms with Crippen molar-refractivity contribution >= 4 is 29.6 Å². The summed E-state index contributed by atoms with van der Waals surface area (Å²) in [5.41, 5.74) is 3.72. The van der Waals surface area contributed by atoms with E-state index in [-0.39, 0.29) is 6.54 Å². The minimum atomic E-state index is -0.846. The van der Waals surface area contributed by atoms with Gasteiger partial charge in [0.1, 0.15) is 5.75 Å². The van der Waals surface area contributed by atoms with Gasteiger partial charge >= 0.3 is 11.8 Å². The number of hydrazone groups is 1. The first kappa shape index (κ1) is 17.5. The van der Waals surface area contributed by atoms with Gasteiger partial charge in [0.25, 0.3) is 0 Å². The van der Waals surface area contributed by atoms with Crippen LogP contribution in [0.25, 0.3) is 0 Å². The van der Waals surface area contributed by atoms with E-state index in [2.05, 4.69) is 15.8 Å². The highest BCUT2D eigenvalue weighted by atomic mass is 35.5. The molecule has 6 nitrogen and oxygen atoms in total. The van der Waals surface area contributed by atoms with Crippen molar-refractivity contribution in [3.05, 3.63) is 64.7 Å². The van der Waals surface area contributed by atoms with Gasteiger partial charge in [-0.3, -0.25) is 9.59 Å². The Morgan fingerprint density at radius 2 is 1.92 bits per heavy atom. The molecule has 0 aliphatic rings. The zero-order chi connectivity index (χ0) is 17.4. The topological polar surface area (TPSA) is 79.8 Å². The molecule has 0 aliphatic heterocycles. The molecule has 2 aromatic rings. The van der Waals surface area contributed by atoms with E-state index in [1.165, 1.54) is 6.21 Å². The van der Waals surface area contributed by atoms with Crippen molar-refractivity contribution in [1.82, 2.24) is 10.7 Å². The summed E-state index contributed by atoms with van der Waals surface area (Å²) in [7, 11) is 1.57. The number of nitrogens with zero attached hydrogens (tertiary/aromatic N) is 1. The lowest BCUT2D eigenvalue weighted by Crippen LogP contribution is -2.37. The summed E-state index contributed by atoms with van der Waals surface area (Å²) in [6.45, 7) is 0.230. The maximum absolute atomic E-state index is 11.7. The Bertz CT molecular complexity index is 745. The van der Waals surface area contributed by atoms with Crippen LogP contribution >= 0.6 is 11.6 Å². The molecule has 0 aromatic heterocycles. The molecule has 0 atom stereocenters. The van der Waals surface area contributed by atoms with Crippen LogP contribution in [0.2, 0.25) is 5.02 Å². The molecule has 0 aliphatic carbocycles. The van der Waals surface area contributed by atoms with Gasteiger partial charge in [-0.25, -0.2) is 5.43 Å². The summed E-state index contributed by atoms with van der Waals surface area (Å²) in [5.74, 6) is -0.894. The number of nitrogens with one attached hydrogen (secondary N) is 2. The Kier molecular flexibility index (Phi) is 6.33. The predicted molar refractivity (Wildman–Crippen MR) is 92.0 cm³/mol. The van der Waals surface area contributed by atoms with Gasteiger partial charge in [0.15, 0.2) is 0 Å². The van der Waals surface area contributed by atoms with E-state index in [0.717, 1.165) is 11.3 Å². The number of benzene rings is 2. The molecule has 0 unspecified atom stereocenters. The first-order valence-corrected chi connectivity index (χ1v) is 7.46. The summed E-state index contributed by atoms with van der Waals surface area (Å²) in [4.78, 5) is 23.3. The monoisotopic (exact) mass is 345 g/mol. The number of rotatable bonds is 5. The zero-order valence-corrected chi connectivity index (χ0v) is 13.7. The lowest BCUT2D eigenvalue weighted by atomic mass is 10.2. The van der Waals surface area contributed by atoms with Crippen LogP contribution in [0, 0.1) is 0 Å². The standard InChI is InChI=1S/C17H16ClN3O3/c1-24-15-7-5-12(6-8-15)10-19-16(22)17(23)21-20-11-13-3-2-4-14(18)9-13/h2-9,11H,10H2,1H3,(H,19,22)(H,21,23)/b20-11-. The number of ether oxygens (including phenoxy) is 1. The van der Waals surface area contributed by atoms with E-state index >= 15 is 0 Å². The maximum Gasteiger partial charge on any atom is 0.329 e. The first-order valence-electron chi connectivity index (χ1n) is 7.08. The third-order valence-corrected chi connectivity index (χ3v) is 3.28. The molecular formula is C17H16ClN3O3. The predicted octanol–water partition coefficient (Wildman–Crippen LogP) is 2.12. The fraction of sp³-hybridized carbons (Fsp3) is 0.118. The average Bonchev–Trinajstić information content (AvgIpc) is 2.60. The number of hydrogen-bond donors (Lipinski definition) is 2. The van der Waals surface area contributed by atoms with Crippen molar-refractivity contribution in [2.45, 2.75) is 6.54 Å². The van der Waals surface area contributed by atoms with E-state index in [9.17, 15) is 9.59 Å². The lowest BCUT2D eigenvalue weighted by molar-refractivity contribution is -0.139. The van der Waals surface area contributed by atoms with Gasteiger partial charge in [0, 0.05) is 11.6 Å². The number of amides is 2. The van der Waals surface area contributed by atoms with Crippen LogP contribution in [0.5, 0.6) is 5.75 Å². The molecule has 2 aromatic carbocycles. The summed E-state index contributed by atoms with van der Waals surface area (Å²) in [5, 5.41) is 6.79. The number of carbonyl (C=O) groups is 2. The van der Waals surface area contributed by atoms with Crippen molar-refractivity contribution < 1.29 is 14.3 Å². The highest BCUT2D eigenvalue weighted by Crippen LogP contribution is 2.11. The van der Waals surface area contributed by atoms with Gasteiger partial charge < -0.3 is 10.1 Å². The van der Waals surface area contributed by atoms with Gasteiger partial charge in [0.2, 0.25) is 0 Å². The largest absolute Gasteiger partial charge is 0.497 e. The fourth-order valence-electron chi connectivity index (χ4n) is 1.81. The van der Waals surface area contributed by atoms with Crippen molar-refractivity contribution in [2.24, 2.45) is 5.10 Å². The minimum absolute atomic E-state index is 0.230. The fourth-order valence-corrected chi connectivity index (χ4v) is 2.01. The third kappa shape index (κ3) is 5.40.